The van der Waals surface area contributed by atoms with Gasteiger partial charge in [-0.1, -0.05) is 18.2 Å². The summed E-state index contributed by atoms with van der Waals surface area (Å²) in [6.07, 6.45) is 4.93. The van der Waals surface area contributed by atoms with Gasteiger partial charge in [-0.3, -0.25) is 9.59 Å². The van der Waals surface area contributed by atoms with Gasteiger partial charge in [-0.15, -0.1) is 0 Å². The van der Waals surface area contributed by atoms with E-state index < -0.39 is 0 Å². The van der Waals surface area contributed by atoms with Crippen LogP contribution in [0.15, 0.2) is 53.3 Å². The number of hydrogen-bond donors (Lipinski definition) is 3. The molecule has 1 aliphatic carbocycles. The molecule has 1 aromatic carbocycles. The van der Waals surface area contributed by atoms with Gasteiger partial charge in [0.1, 0.15) is 5.76 Å². The highest BCUT2D eigenvalue weighted by molar-refractivity contribution is 5.92. The van der Waals surface area contributed by atoms with Crippen molar-refractivity contribution >= 4 is 22.7 Å². The van der Waals surface area contributed by atoms with Crippen LogP contribution in [-0.4, -0.2) is 23.3 Å². The van der Waals surface area contributed by atoms with Crippen molar-refractivity contribution < 1.29 is 14.0 Å². The van der Waals surface area contributed by atoms with Gasteiger partial charge in [0.2, 0.25) is 11.8 Å². The van der Waals surface area contributed by atoms with Gasteiger partial charge in [0.05, 0.1) is 24.6 Å². The molecule has 6 nitrogen and oxygen atoms in total. The van der Waals surface area contributed by atoms with Crippen molar-refractivity contribution in [2.75, 3.05) is 6.54 Å². The number of hydrogen-bond acceptors (Lipinski definition) is 3. The lowest BCUT2D eigenvalue weighted by molar-refractivity contribution is -0.127. The quantitative estimate of drug-likeness (QED) is 0.611. The molecule has 0 bridgehead atoms. The Bertz CT molecular complexity index is 913. The molecule has 4 rings (SSSR count). The zero-order chi connectivity index (χ0) is 17.9. The van der Waals surface area contributed by atoms with Crippen molar-refractivity contribution in [1.82, 2.24) is 15.6 Å². The second kappa shape index (κ2) is 7.07. The van der Waals surface area contributed by atoms with E-state index in [2.05, 4.69) is 21.7 Å². The second-order valence-electron chi connectivity index (χ2n) is 6.65. The van der Waals surface area contributed by atoms with Gasteiger partial charge in [-0.2, -0.15) is 0 Å². The number of H-pyrrole nitrogens is 1. The van der Waals surface area contributed by atoms with Gasteiger partial charge in [0.25, 0.3) is 0 Å². The van der Waals surface area contributed by atoms with Gasteiger partial charge in [-0.05, 0) is 36.6 Å². The molecule has 2 unspecified atom stereocenters. The summed E-state index contributed by atoms with van der Waals surface area (Å²) in [4.78, 5) is 27.5. The molecular formula is C20H21N3O3. The summed E-state index contributed by atoms with van der Waals surface area (Å²) in [7, 11) is 0. The van der Waals surface area contributed by atoms with Crippen molar-refractivity contribution in [1.29, 1.82) is 0 Å². The van der Waals surface area contributed by atoms with Crippen molar-refractivity contribution in [2.45, 2.75) is 19.4 Å². The van der Waals surface area contributed by atoms with Gasteiger partial charge in [0, 0.05) is 23.6 Å². The third-order valence-corrected chi connectivity index (χ3v) is 4.85. The number of benzene rings is 1. The van der Waals surface area contributed by atoms with E-state index in [1.54, 1.807) is 12.3 Å². The van der Waals surface area contributed by atoms with E-state index in [4.69, 9.17) is 4.42 Å². The molecule has 1 saturated carbocycles. The van der Waals surface area contributed by atoms with Crippen molar-refractivity contribution in [2.24, 2.45) is 11.8 Å². The summed E-state index contributed by atoms with van der Waals surface area (Å²) >= 11 is 0. The normalized spacial score (nSPS) is 18.6. The van der Waals surface area contributed by atoms with E-state index >= 15 is 0 Å². The summed E-state index contributed by atoms with van der Waals surface area (Å²) in [6.45, 7) is 0.926. The van der Waals surface area contributed by atoms with Crippen LogP contribution < -0.4 is 10.6 Å². The zero-order valence-electron chi connectivity index (χ0n) is 14.3. The molecule has 3 aromatic rings. The number of fused-ring (bicyclic) bond motifs is 1. The van der Waals surface area contributed by atoms with E-state index in [1.807, 2.05) is 30.5 Å². The third kappa shape index (κ3) is 3.49. The maximum atomic E-state index is 12.2. The van der Waals surface area contributed by atoms with E-state index in [0.29, 0.717) is 25.3 Å². The number of para-hydroxylation sites is 1. The predicted octanol–water partition coefficient (Wildman–Crippen LogP) is 2.37. The lowest BCUT2D eigenvalue weighted by Crippen LogP contribution is -2.31. The Morgan fingerprint density at radius 3 is 2.69 bits per heavy atom. The fourth-order valence-electron chi connectivity index (χ4n) is 3.28. The molecule has 6 heteroatoms. The number of nitrogens with one attached hydrogen (secondary N) is 3. The Morgan fingerprint density at radius 1 is 1.08 bits per heavy atom. The van der Waals surface area contributed by atoms with Crippen LogP contribution in [0.25, 0.3) is 10.9 Å². The monoisotopic (exact) mass is 351 g/mol. The minimum Gasteiger partial charge on any atom is -0.467 e. The lowest BCUT2D eigenvalue weighted by Gasteiger charge is -2.05. The first kappa shape index (κ1) is 16.4. The third-order valence-electron chi connectivity index (χ3n) is 4.85. The van der Waals surface area contributed by atoms with Gasteiger partial charge < -0.3 is 20.0 Å². The van der Waals surface area contributed by atoms with Crippen LogP contribution in [0.2, 0.25) is 0 Å². The van der Waals surface area contributed by atoms with E-state index in [9.17, 15) is 9.59 Å². The molecule has 0 spiro atoms. The molecule has 0 aliphatic heterocycles. The number of aromatic amines is 1. The minimum atomic E-state index is -0.224. The summed E-state index contributed by atoms with van der Waals surface area (Å²) in [5.41, 5.74) is 2.29. The van der Waals surface area contributed by atoms with Crippen molar-refractivity contribution in [3.05, 3.63) is 60.2 Å². The first-order valence-electron chi connectivity index (χ1n) is 8.85. The number of rotatable bonds is 7. The van der Waals surface area contributed by atoms with Crippen LogP contribution in [0.3, 0.4) is 0 Å². The van der Waals surface area contributed by atoms with Crippen LogP contribution in [0.1, 0.15) is 17.7 Å². The average Bonchev–Trinajstić information content (AvgIpc) is 3.10. The molecule has 2 heterocycles. The van der Waals surface area contributed by atoms with E-state index in [1.165, 1.54) is 10.9 Å². The second-order valence-corrected chi connectivity index (χ2v) is 6.65. The largest absolute Gasteiger partial charge is 0.467 e. The van der Waals surface area contributed by atoms with Crippen molar-refractivity contribution in [3.63, 3.8) is 0 Å². The lowest BCUT2D eigenvalue weighted by atomic mass is 10.1. The van der Waals surface area contributed by atoms with Crippen LogP contribution in [0.4, 0.5) is 0 Å². The van der Waals surface area contributed by atoms with Gasteiger partial charge in [-0.25, -0.2) is 0 Å². The molecule has 134 valence electrons. The molecule has 1 aliphatic rings. The summed E-state index contributed by atoms with van der Waals surface area (Å²) in [5.74, 6) is 0.146. The van der Waals surface area contributed by atoms with Crippen molar-refractivity contribution in [3.8, 4) is 0 Å². The molecule has 26 heavy (non-hydrogen) atoms. The Kier molecular flexibility index (Phi) is 4.48. The number of amides is 2. The fourth-order valence-corrected chi connectivity index (χ4v) is 3.28. The van der Waals surface area contributed by atoms with Gasteiger partial charge >= 0.3 is 0 Å². The Morgan fingerprint density at radius 2 is 1.88 bits per heavy atom. The number of carbonyl (C=O) groups is 2. The topological polar surface area (TPSA) is 87.1 Å². The van der Waals surface area contributed by atoms with Crippen LogP contribution in [0.5, 0.6) is 0 Å². The molecule has 2 aromatic heterocycles. The maximum Gasteiger partial charge on any atom is 0.224 e. The van der Waals surface area contributed by atoms with Gasteiger partial charge in [0.15, 0.2) is 0 Å². The highest BCUT2D eigenvalue weighted by Gasteiger charge is 2.47. The number of carbonyl (C=O) groups excluding carboxylic acids is 2. The smallest absolute Gasteiger partial charge is 0.224 e. The first-order chi connectivity index (χ1) is 12.7. The standard InChI is InChI=1S/C20H21N3O3/c24-19(16-10-17(16)20(25)23-12-14-4-3-9-26-14)21-8-7-13-11-22-18-6-2-1-5-15(13)18/h1-6,9,11,16-17,22H,7-8,10,12H2,(H,21,24)(H,23,25). The molecule has 0 saturated heterocycles. The van der Waals surface area contributed by atoms with Crippen LogP contribution >= 0.6 is 0 Å². The minimum absolute atomic E-state index is 0.0389. The summed E-state index contributed by atoms with van der Waals surface area (Å²) < 4.78 is 5.18. The zero-order valence-corrected chi connectivity index (χ0v) is 14.3. The number of aromatic nitrogens is 1. The molecule has 2 amide bonds. The maximum absolute atomic E-state index is 12.2. The molecule has 3 N–H and O–H groups in total. The first-order valence-corrected chi connectivity index (χ1v) is 8.85. The fraction of sp³-hybridized carbons (Fsp3) is 0.300. The Labute approximate surface area is 151 Å². The molecule has 1 fully saturated rings. The van der Waals surface area contributed by atoms with E-state index in [0.717, 1.165) is 11.9 Å². The average molecular weight is 351 g/mol. The van der Waals surface area contributed by atoms with E-state index in [-0.39, 0.29) is 23.7 Å². The SMILES string of the molecule is O=C(NCCc1c[nH]c2ccccc12)C1CC1C(=O)NCc1ccco1. The molecule has 2 atom stereocenters. The number of furan rings is 1. The molecule has 0 radical (unpaired) electrons. The highest BCUT2D eigenvalue weighted by atomic mass is 16.3. The van der Waals surface area contributed by atoms with Crippen LogP contribution in [-0.2, 0) is 22.6 Å². The molecular weight excluding hydrogens is 330 g/mol. The van der Waals surface area contributed by atoms with Crippen LogP contribution in [0, 0.1) is 11.8 Å². The Hall–Kier alpha value is -3.02. The summed E-state index contributed by atoms with van der Waals surface area (Å²) in [6, 6.07) is 11.7. The predicted molar refractivity (Wildman–Crippen MR) is 97.2 cm³/mol. The highest BCUT2D eigenvalue weighted by Crippen LogP contribution is 2.38. The Balaban J connectivity index is 1.21. The summed E-state index contributed by atoms with van der Waals surface area (Å²) in [5, 5.41) is 6.95.